The van der Waals surface area contributed by atoms with E-state index >= 15 is 0 Å². The van der Waals surface area contributed by atoms with Crippen molar-refractivity contribution in [2.45, 2.75) is 239 Å². The summed E-state index contributed by atoms with van der Waals surface area (Å²) in [4.78, 5) is 0. The molecule has 0 radical (unpaired) electrons. The topological polar surface area (TPSA) is 0 Å². The maximum atomic E-state index is 7.46. The predicted octanol–water partition coefficient (Wildman–Crippen LogP) is 17.8. The second-order valence-electron chi connectivity index (χ2n) is 5.50. The summed E-state index contributed by atoms with van der Waals surface area (Å²) in [5.41, 5.74) is -2.35. The maximum Gasteiger partial charge on any atom is 0.0297 e. The first-order chi connectivity index (χ1) is 29.5. The van der Waals surface area contributed by atoms with E-state index in [2.05, 4.69) is 0 Å². The van der Waals surface area contributed by atoms with Gasteiger partial charge in [0.2, 0.25) is 0 Å². The summed E-state index contributed by atoms with van der Waals surface area (Å²) in [6.45, 7) is 27.9. The fraction of sp³-hybridized carbons (Fsp3) is 1.00. The van der Waals surface area contributed by atoms with E-state index in [9.17, 15) is 0 Å². The summed E-state index contributed by atoms with van der Waals surface area (Å²) >= 11 is 0. The molecule has 0 fully saturated rings. The summed E-state index contributed by atoms with van der Waals surface area (Å²) in [7, 11) is 0. The van der Waals surface area contributed by atoms with Crippen LogP contribution in [0, 0.1) is 29.0 Å². The van der Waals surface area contributed by atoms with E-state index < -0.39 is 95.1 Å². The van der Waals surface area contributed by atoms with Gasteiger partial charge in [-0.05, 0) is 29.0 Å². The number of hydrogen-bond acceptors (Lipinski definition) is 0. The lowest BCUT2D eigenvalue weighted by molar-refractivity contribution is 0.398. The molecular weight excluding hydrogens is 480 g/mol. The van der Waals surface area contributed by atoms with Crippen LogP contribution < -0.4 is 0 Å². The van der Waals surface area contributed by atoms with E-state index in [0.717, 1.165) is 41.5 Å². The molecule has 0 spiro atoms. The molecule has 0 bridgehead atoms. The van der Waals surface area contributed by atoms with Crippen LogP contribution in [0.4, 0.5) is 0 Å². The molecule has 0 heteroatoms. The highest BCUT2D eigenvalue weighted by Gasteiger charge is 2.03. The van der Waals surface area contributed by atoms with Crippen LogP contribution in [0.1, 0.15) is 279 Å². The molecule has 2 atom stereocenters. The van der Waals surface area contributed by atoms with Crippen molar-refractivity contribution >= 4 is 0 Å². The van der Waals surface area contributed by atoms with Gasteiger partial charge in [-0.15, -0.1) is 0 Å². The van der Waals surface area contributed by atoms with Crippen molar-refractivity contribution in [2.24, 2.45) is 29.0 Å². The molecule has 2 unspecified atom stereocenters. The molecule has 0 rings (SSSR count). The molecule has 264 valence electrons. The van der Waals surface area contributed by atoms with Crippen molar-refractivity contribution in [1.29, 1.82) is 0 Å². The molecule has 0 nitrogen and oxygen atoms in total. The highest BCUT2D eigenvalue weighted by Crippen LogP contribution is 2.16. The predicted molar refractivity (Wildman–Crippen MR) is 210 cm³/mol. The summed E-state index contributed by atoms with van der Waals surface area (Å²) in [5, 5.41) is 0. The third-order valence-corrected chi connectivity index (χ3v) is 1.69. The molecule has 0 N–H and O–H groups in total. The van der Waals surface area contributed by atoms with Gasteiger partial charge in [0.15, 0.2) is 0 Å². The molecular formula is C40H104. The van der Waals surface area contributed by atoms with Crippen LogP contribution in [0.25, 0.3) is 0 Å². The molecule has 0 aromatic heterocycles. The van der Waals surface area contributed by atoms with Crippen molar-refractivity contribution in [1.82, 2.24) is 0 Å². The summed E-state index contributed by atoms with van der Waals surface area (Å²) < 4.78 is 206. The summed E-state index contributed by atoms with van der Waals surface area (Å²) in [5.74, 6) is -6.81. The Morgan fingerprint density at radius 1 is 0.525 bits per heavy atom. The van der Waals surface area contributed by atoms with Gasteiger partial charge in [0.05, 0.1) is 0 Å². The first-order valence-electron chi connectivity index (χ1n) is 29.5. The molecule has 0 amide bonds. The monoisotopic (exact) mass is 614 g/mol. The van der Waals surface area contributed by atoms with E-state index in [1.54, 1.807) is 13.8 Å². The largest absolute Gasteiger partial charge is 0.0683 e. The van der Waals surface area contributed by atoms with Crippen molar-refractivity contribution < 1.29 is 39.8 Å². The quantitative estimate of drug-likeness (QED) is 0.296. The van der Waals surface area contributed by atoms with E-state index in [1.807, 2.05) is 96.9 Å². The Balaban J connectivity index is -0.0000000558. The van der Waals surface area contributed by atoms with E-state index in [1.165, 1.54) is 20.8 Å². The van der Waals surface area contributed by atoms with Gasteiger partial charge in [-0.2, -0.15) is 0 Å². The van der Waals surface area contributed by atoms with Crippen molar-refractivity contribution in [2.75, 3.05) is 0 Å². The minimum absolute atomic E-state index is 0.890. The Labute approximate surface area is 309 Å². The summed E-state index contributed by atoms with van der Waals surface area (Å²) in [6.07, 6.45) is -10.8. The average molecular weight is 614 g/mol. The second-order valence-corrected chi connectivity index (χ2v) is 5.50. The van der Waals surface area contributed by atoms with Crippen LogP contribution >= 0.6 is 0 Å². The average Bonchev–Trinajstić information content (AvgIpc) is 3.13. The smallest absolute Gasteiger partial charge is 0.0297 e. The van der Waals surface area contributed by atoms with E-state index in [0.29, 0.717) is 0 Å². The van der Waals surface area contributed by atoms with Crippen LogP contribution in [0.3, 0.4) is 0 Å². The maximum absolute atomic E-state index is 7.46. The van der Waals surface area contributed by atoms with Gasteiger partial charge in [0, 0.05) is 39.8 Å². The SMILES string of the molecule is CC.CC.CC.CC.CC.CC.CC.[2H]C([2H])(C)C([2H])(C)C.[2H]C([2H])([2H])C(C)(C([2H])([2H])[2H])C([2H])([2H])C.[2H]C([2H])([2H])C([2H])(C)C.[2H]C([2H])([2H])C([2H])(C)C([2H])([2H])C.[2H]C([2H])([2H])C([2H])(C)C([2H])([2H])C([2H])([2H])C. The Kier molecular flexibility index (Phi) is 49.8. The molecule has 0 aromatic carbocycles. The van der Waals surface area contributed by atoms with Crippen LogP contribution in [-0.4, -0.2) is 0 Å². The molecule has 0 aromatic rings. The van der Waals surface area contributed by atoms with Gasteiger partial charge < -0.3 is 0 Å². The van der Waals surface area contributed by atoms with E-state index in [4.69, 9.17) is 39.8 Å². The van der Waals surface area contributed by atoms with Crippen molar-refractivity contribution in [3.05, 3.63) is 0 Å². The van der Waals surface area contributed by atoms with Crippen LogP contribution in [0.5, 0.6) is 0 Å². The molecule has 0 saturated heterocycles. The molecule has 0 aliphatic rings. The minimum Gasteiger partial charge on any atom is -0.0683 e. The van der Waals surface area contributed by atoms with Gasteiger partial charge >= 0.3 is 0 Å². The van der Waals surface area contributed by atoms with Crippen molar-refractivity contribution in [3.8, 4) is 0 Å². The highest BCUT2D eigenvalue weighted by molar-refractivity contribution is 4.55. The first-order valence-corrected chi connectivity index (χ1v) is 15.0. The summed E-state index contributed by atoms with van der Waals surface area (Å²) in [6, 6.07) is 0. The van der Waals surface area contributed by atoms with Crippen LogP contribution in [-0.2, 0) is 0 Å². The standard InChI is InChI=1S/2C6H14.2C5H12.C4H10.7C2H6/c1-5-6(2,3)4;1-4-5-6(2)3;2*1-4-5(2)3;1-4(2)3;7*1-2/h5H2,1-4H3;6H,4-5H2,1-3H3;2*5H,4H2,1-3H3;4H,1-3H3;7*1-2H3/i2D3,3D3,5D2;2D3,4D2,5D2,6D;2D3,4D2,5D;4D2,5D;1D3,4D;;;;;;;. The third-order valence-electron chi connectivity index (χ3n) is 1.69. The zero-order chi connectivity index (χ0) is 61.5. The Bertz CT molecular complexity index is 994. The van der Waals surface area contributed by atoms with E-state index in [-0.39, 0.29) is 0 Å². The Hall–Kier alpha value is 0. The molecule has 0 aliphatic carbocycles. The fourth-order valence-corrected chi connectivity index (χ4v) is 0.188. The molecule has 0 aliphatic heterocycles. The van der Waals surface area contributed by atoms with Crippen molar-refractivity contribution in [3.63, 3.8) is 0 Å². The lowest BCUT2D eigenvalue weighted by atomic mass is 9.94. The van der Waals surface area contributed by atoms with Gasteiger partial charge in [-0.25, -0.2) is 0 Å². The van der Waals surface area contributed by atoms with Crippen LogP contribution in [0.2, 0.25) is 0 Å². The van der Waals surface area contributed by atoms with Crippen LogP contribution in [0.15, 0.2) is 0 Å². The van der Waals surface area contributed by atoms with Gasteiger partial charge in [0.25, 0.3) is 0 Å². The molecule has 0 heterocycles. The lowest BCUT2D eigenvalue weighted by Crippen LogP contribution is -2.00. The zero-order valence-electron chi connectivity index (χ0n) is 61.5. The first kappa shape index (κ1) is 18.7. The zero-order valence-corrected chi connectivity index (χ0v) is 32.5. The number of hydrogen-bond donors (Lipinski definition) is 0. The van der Waals surface area contributed by atoms with Gasteiger partial charge in [0.1, 0.15) is 0 Å². The highest BCUT2D eigenvalue weighted by atomic mass is 14.1. The Morgan fingerprint density at radius 2 is 0.775 bits per heavy atom. The molecule has 0 saturated carbocycles. The number of rotatable bonds is 4. The normalized spacial score (nSPS) is 25.2. The molecule has 40 heavy (non-hydrogen) atoms. The van der Waals surface area contributed by atoms with Gasteiger partial charge in [-0.1, -0.05) is 239 Å². The fourth-order valence-electron chi connectivity index (χ4n) is 0.188. The lowest BCUT2D eigenvalue weighted by Gasteiger charge is -2.12. The second kappa shape index (κ2) is 106. The van der Waals surface area contributed by atoms with Gasteiger partial charge in [-0.3, -0.25) is 0 Å². The third kappa shape index (κ3) is 520. The Morgan fingerprint density at radius 3 is 0.800 bits per heavy atom. The minimum atomic E-state index is -2.86.